The smallest absolute Gasteiger partial charge is 0.0695 e. The summed E-state index contributed by atoms with van der Waals surface area (Å²) in [5.41, 5.74) is 1.69. The minimum absolute atomic E-state index is 0.194. The van der Waals surface area contributed by atoms with E-state index in [1.165, 1.54) is 25.7 Å². The molecule has 1 aliphatic rings. The molecule has 1 unspecified atom stereocenters. The Hall–Kier alpha value is -0.920. The summed E-state index contributed by atoms with van der Waals surface area (Å²) in [6.45, 7) is 7.07. The van der Waals surface area contributed by atoms with E-state index in [0.29, 0.717) is 5.41 Å². The van der Waals surface area contributed by atoms with Gasteiger partial charge in [-0.05, 0) is 30.4 Å². The van der Waals surface area contributed by atoms with Crippen LogP contribution in [0.25, 0.3) is 0 Å². The van der Waals surface area contributed by atoms with Crippen LogP contribution in [0.3, 0.4) is 0 Å². The molecule has 15 heavy (non-hydrogen) atoms. The van der Waals surface area contributed by atoms with Crippen LogP contribution < -0.4 is 0 Å². The molecule has 1 heterocycles. The van der Waals surface area contributed by atoms with Gasteiger partial charge >= 0.3 is 0 Å². The molecule has 1 saturated carbocycles. The van der Waals surface area contributed by atoms with E-state index in [1.54, 1.807) is 6.20 Å². The van der Waals surface area contributed by atoms with Crippen molar-refractivity contribution < 1.29 is 0 Å². The summed E-state index contributed by atoms with van der Waals surface area (Å²) in [4.78, 5) is 0. The molecule has 1 aromatic rings. The topological polar surface area (TPSA) is 25.8 Å². The first-order valence-corrected chi connectivity index (χ1v) is 5.84. The Bertz CT molecular complexity index is 332. The van der Waals surface area contributed by atoms with Crippen molar-refractivity contribution in [2.24, 2.45) is 5.41 Å². The summed E-state index contributed by atoms with van der Waals surface area (Å²) in [5.74, 6) is 0. The molecule has 0 radical (unpaired) electrons. The third-order valence-corrected chi connectivity index (χ3v) is 4.36. The van der Waals surface area contributed by atoms with Gasteiger partial charge in [0.25, 0.3) is 0 Å². The molecule has 0 amide bonds. The van der Waals surface area contributed by atoms with Crippen LogP contribution in [-0.4, -0.2) is 10.2 Å². The molecule has 0 N–H and O–H groups in total. The van der Waals surface area contributed by atoms with Crippen LogP contribution in [0.4, 0.5) is 0 Å². The van der Waals surface area contributed by atoms with Gasteiger partial charge in [-0.2, -0.15) is 10.2 Å². The summed E-state index contributed by atoms with van der Waals surface area (Å²) in [7, 11) is 0. The van der Waals surface area contributed by atoms with E-state index < -0.39 is 0 Å². The monoisotopic (exact) mass is 204 g/mol. The molecule has 1 aliphatic carbocycles. The molecule has 1 atom stereocenters. The van der Waals surface area contributed by atoms with E-state index in [4.69, 9.17) is 0 Å². The zero-order chi connectivity index (χ0) is 10.9. The highest BCUT2D eigenvalue weighted by atomic mass is 15.1. The van der Waals surface area contributed by atoms with Crippen molar-refractivity contribution >= 4 is 0 Å². The second-order valence-corrected chi connectivity index (χ2v) is 5.53. The average molecular weight is 204 g/mol. The molecule has 2 nitrogen and oxygen atoms in total. The van der Waals surface area contributed by atoms with Gasteiger partial charge in [0.05, 0.1) is 5.69 Å². The Morgan fingerprint density at radius 1 is 1.13 bits per heavy atom. The SMILES string of the molecule is CC1(C)CCCCC1(C)c1cccnn1. The molecular weight excluding hydrogens is 184 g/mol. The van der Waals surface area contributed by atoms with Crippen molar-refractivity contribution in [2.45, 2.75) is 51.9 Å². The highest BCUT2D eigenvalue weighted by Gasteiger charge is 2.45. The van der Waals surface area contributed by atoms with E-state index in [1.807, 2.05) is 6.07 Å². The largest absolute Gasteiger partial charge is 0.159 e. The van der Waals surface area contributed by atoms with Crippen molar-refractivity contribution in [3.05, 3.63) is 24.0 Å². The lowest BCUT2D eigenvalue weighted by Gasteiger charge is -2.47. The quantitative estimate of drug-likeness (QED) is 0.701. The maximum absolute atomic E-state index is 4.32. The van der Waals surface area contributed by atoms with Crippen molar-refractivity contribution in [3.63, 3.8) is 0 Å². The fraction of sp³-hybridized carbons (Fsp3) is 0.692. The summed E-state index contributed by atoms with van der Waals surface area (Å²) in [6, 6.07) is 4.12. The molecule has 2 heteroatoms. The Balaban J connectivity index is 2.40. The van der Waals surface area contributed by atoms with E-state index in [9.17, 15) is 0 Å². The van der Waals surface area contributed by atoms with Gasteiger partial charge in [-0.3, -0.25) is 0 Å². The number of aromatic nitrogens is 2. The second kappa shape index (κ2) is 3.58. The van der Waals surface area contributed by atoms with E-state index in [2.05, 4.69) is 37.0 Å². The highest BCUT2D eigenvalue weighted by molar-refractivity contribution is 5.19. The lowest BCUT2D eigenvalue weighted by molar-refractivity contribution is 0.104. The summed E-state index contributed by atoms with van der Waals surface area (Å²) >= 11 is 0. The number of nitrogens with zero attached hydrogens (tertiary/aromatic N) is 2. The third-order valence-electron chi connectivity index (χ3n) is 4.36. The van der Waals surface area contributed by atoms with Crippen LogP contribution in [0.5, 0.6) is 0 Å². The molecule has 0 bridgehead atoms. The number of hydrogen-bond acceptors (Lipinski definition) is 2. The second-order valence-electron chi connectivity index (χ2n) is 5.53. The zero-order valence-corrected chi connectivity index (χ0v) is 9.95. The Kier molecular flexibility index (Phi) is 2.53. The standard InChI is InChI=1S/C13H20N2/c1-12(2)8-4-5-9-13(12,3)11-7-6-10-14-15-11/h6-7,10H,4-5,8-9H2,1-3H3. The van der Waals surface area contributed by atoms with E-state index >= 15 is 0 Å². The first kappa shape index (κ1) is 10.6. The van der Waals surface area contributed by atoms with Gasteiger partial charge in [0.15, 0.2) is 0 Å². The fourth-order valence-corrected chi connectivity index (χ4v) is 2.73. The predicted molar refractivity (Wildman–Crippen MR) is 61.6 cm³/mol. The van der Waals surface area contributed by atoms with Gasteiger partial charge in [-0.25, -0.2) is 0 Å². The van der Waals surface area contributed by atoms with Crippen LogP contribution >= 0.6 is 0 Å². The van der Waals surface area contributed by atoms with E-state index in [0.717, 1.165) is 5.69 Å². The lowest BCUT2D eigenvalue weighted by Crippen LogP contribution is -2.42. The van der Waals surface area contributed by atoms with Gasteiger partial charge in [-0.15, -0.1) is 0 Å². The predicted octanol–water partition coefficient (Wildman–Crippen LogP) is 3.33. The summed E-state index contributed by atoms with van der Waals surface area (Å²) in [6.07, 6.45) is 6.95. The minimum atomic E-state index is 0.194. The first-order valence-electron chi connectivity index (χ1n) is 5.84. The molecule has 0 aliphatic heterocycles. The summed E-state index contributed by atoms with van der Waals surface area (Å²) < 4.78 is 0. The average Bonchev–Trinajstić information content (AvgIpc) is 2.24. The fourth-order valence-electron chi connectivity index (χ4n) is 2.73. The van der Waals surface area contributed by atoms with E-state index in [-0.39, 0.29) is 5.41 Å². The molecule has 1 aromatic heterocycles. The first-order chi connectivity index (χ1) is 7.06. The van der Waals surface area contributed by atoms with Crippen molar-refractivity contribution in [1.29, 1.82) is 0 Å². The van der Waals surface area contributed by atoms with Crippen molar-refractivity contribution in [2.75, 3.05) is 0 Å². The zero-order valence-electron chi connectivity index (χ0n) is 9.95. The molecule has 0 saturated heterocycles. The third kappa shape index (κ3) is 1.66. The normalized spacial score (nSPS) is 30.1. The van der Waals surface area contributed by atoms with Gasteiger partial charge in [0, 0.05) is 11.6 Å². The Morgan fingerprint density at radius 3 is 2.47 bits per heavy atom. The van der Waals surface area contributed by atoms with Crippen molar-refractivity contribution in [3.8, 4) is 0 Å². The van der Waals surface area contributed by atoms with Crippen molar-refractivity contribution in [1.82, 2.24) is 10.2 Å². The molecule has 0 spiro atoms. The molecular formula is C13H20N2. The van der Waals surface area contributed by atoms with Gasteiger partial charge in [0.1, 0.15) is 0 Å². The van der Waals surface area contributed by atoms with Gasteiger partial charge in [0.2, 0.25) is 0 Å². The van der Waals surface area contributed by atoms with Crippen LogP contribution in [0.15, 0.2) is 18.3 Å². The number of hydrogen-bond donors (Lipinski definition) is 0. The maximum atomic E-state index is 4.32. The molecule has 2 rings (SSSR count). The van der Waals surface area contributed by atoms with Crippen LogP contribution in [0.2, 0.25) is 0 Å². The lowest BCUT2D eigenvalue weighted by atomic mass is 9.57. The van der Waals surface area contributed by atoms with Crippen LogP contribution in [0, 0.1) is 5.41 Å². The maximum Gasteiger partial charge on any atom is 0.0695 e. The minimum Gasteiger partial charge on any atom is -0.159 e. The van der Waals surface area contributed by atoms with Crippen LogP contribution in [0.1, 0.15) is 52.1 Å². The van der Waals surface area contributed by atoms with Crippen LogP contribution in [-0.2, 0) is 5.41 Å². The highest BCUT2D eigenvalue weighted by Crippen LogP contribution is 2.50. The van der Waals surface area contributed by atoms with Gasteiger partial charge < -0.3 is 0 Å². The molecule has 1 fully saturated rings. The number of rotatable bonds is 1. The van der Waals surface area contributed by atoms with Gasteiger partial charge in [-0.1, -0.05) is 33.6 Å². The molecule has 0 aromatic carbocycles. The Morgan fingerprint density at radius 2 is 1.87 bits per heavy atom. The molecule has 82 valence electrons. The Labute approximate surface area is 92.1 Å². The summed E-state index contributed by atoms with van der Waals surface area (Å²) in [5, 5.41) is 8.34.